The van der Waals surface area contributed by atoms with Crippen LogP contribution in [0.15, 0.2) is 91.0 Å². The van der Waals surface area contributed by atoms with E-state index in [1.807, 2.05) is 97.9 Å². The fraction of sp³-hybridized carbons (Fsp3) is 0.167. The molecule has 6 rings (SSSR count). The highest BCUT2D eigenvalue weighted by molar-refractivity contribution is 6.00. The maximum absolute atomic E-state index is 13.4. The Morgan fingerprint density at radius 3 is 2.17 bits per heavy atom. The fourth-order valence-electron chi connectivity index (χ4n) is 5.11. The van der Waals surface area contributed by atoms with Gasteiger partial charge in [-0.3, -0.25) is 0 Å². The zero-order valence-electron chi connectivity index (χ0n) is 19.4. The van der Waals surface area contributed by atoms with Gasteiger partial charge < -0.3 is 19.5 Å². The summed E-state index contributed by atoms with van der Waals surface area (Å²) in [6, 6.07) is 29.4. The van der Waals surface area contributed by atoms with Crippen LogP contribution < -0.4 is 10.1 Å². The van der Waals surface area contributed by atoms with Crippen LogP contribution in [0.1, 0.15) is 39.5 Å². The van der Waals surface area contributed by atoms with Crippen molar-refractivity contribution in [3.8, 4) is 11.5 Å². The largest absolute Gasteiger partial charge is 0.456 e. The van der Waals surface area contributed by atoms with E-state index in [0.29, 0.717) is 36.7 Å². The van der Waals surface area contributed by atoms with Crippen LogP contribution in [0.4, 0.5) is 11.4 Å². The van der Waals surface area contributed by atoms with Gasteiger partial charge >= 0.3 is 5.97 Å². The maximum Gasteiger partial charge on any atom is 0.340 e. The number of hydrogen-bond donors (Lipinski definition) is 1. The second kappa shape index (κ2) is 8.60. The van der Waals surface area contributed by atoms with E-state index in [4.69, 9.17) is 14.2 Å². The molecule has 1 N–H and O–H groups in total. The van der Waals surface area contributed by atoms with E-state index in [0.717, 1.165) is 33.6 Å². The molecule has 4 aromatic carbocycles. The minimum Gasteiger partial charge on any atom is -0.456 e. The number of nitrogens with one attached hydrogen (secondary N) is 1. The van der Waals surface area contributed by atoms with Gasteiger partial charge in [-0.1, -0.05) is 60.7 Å². The lowest BCUT2D eigenvalue weighted by molar-refractivity contribution is 0.0226. The van der Waals surface area contributed by atoms with E-state index in [9.17, 15) is 4.79 Å². The van der Waals surface area contributed by atoms with Crippen molar-refractivity contribution < 1.29 is 19.0 Å². The summed E-state index contributed by atoms with van der Waals surface area (Å²) in [4.78, 5) is 13.4. The summed E-state index contributed by atoms with van der Waals surface area (Å²) in [5, 5.41) is 3.62. The van der Waals surface area contributed by atoms with Gasteiger partial charge in [-0.25, -0.2) is 4.79 Å². The molecule has 2 aliphatic heterocycles. The maximum atomic E-state index is 13.4. The number of fused-ring (bicyclic) bond motifs is 6. The highest BCUT2D eigenvalue weighted by Crippen LogP contribution is 2.58. The molecule has 0 atom stereocenters. The first-order valence-corrected chi connectivity index (χ1v) is 11.9. The van der Waals surface area contributed by atoms with E-state index >= 15 is 0 Å². The summed E-state index contributed by atoms with van der Waals surface area (Å²) in [6.45, 7) is 3.22. The van der Waals surface area contributed by atoms with Gasteiger partial charge in [-0.2, -0.15) is 0 Å². The van der Waals surface area contributed by atoms with Gasteiger partial charge in [0, 0.05) is 29.0 Å². The first-order chi connectivity index (χ1) is 17.2. The molecular formula is C30H25NO4. The topological polar surface area (TPSA) is 56.8 Å². The predicted molar refractivity (Wildman–Crippen MR) is 135 cm³/mol. The molecule has 2 aliphatic rings. The second-order valence-corrected chi connectivity index (χ2v) is 8.63. The van der Waals surface area contributed by atoms with Crippen LogP contribution in [0, 0.1) is 0 Å². The van der Waals surface area contributed by atoms with Crippen LogP contribution in [0.2, 0.25) is 0 Å². The van der Waals surface area contributed by atoms with Crippen LogP contribution in [0.3, 0.4) is 0 Å². The third-order valence-electron chi connectivity index (χ3n) is 6.63. The van der Waals surface area contributed by atoms with Crippen LogP contribution in [0.5, 0.6) is 11.5 Å². The molecule has 0 aromatic heterocycles. The summed E-state index contributed by atoms with van der Waals surface area (Å²) >= 11 is 0. The Bertz CT molecular complexity index is 1370. The van der Waals surface area contributed by atoms with E-state index in [1.54, 1.807) is 0 Å². The number of rotatable bonds is 6. The number of ether oxygens (including phenoxy) is 3. The minimum atomic E-state index is -1.13. The van der Waals surface area contributed by atoms with E-state index in [-0.39, 0.29) is 5.97 Å². The molecule has 0 aliphatic carbocycles. The Kier molecular flexibility index (Phi) is 5.27. The van der Waals surface area contributed by atoms with Crippen molar-refractivity contribution in [2.75, 3.05) is 18.5 Å². The van der Waals surface area contributed by atoms with Crippen molar-refractivity contribution in [2.45, 2.75) is 18.9 Å². The second-order valence-electron chi connectivity index (χ2n) is 8.63. The molecule has 174 valence electrons. The smallest absolute Gasteiger partial charge is 0.340 e. The Hall–Kier alpha value is -4.09. The van der Waals surface area contributed by atoms with E-state index in [1.165, 1.54) is 0 Å². The molecule has 2 heterocycles. The highest BCUT2D eigenvalue weighted by Gasteiger charge is 2.55. The number of para-hydroxylation sites is 3. The number of esters is 1. The summed E-state index contributed by atoms with van der Waals surface area (Å²) in [5.41, 5.74) is 4.70. The van der Waals surface area contributed by atoms with Gasteiger partial charge in [0.15, 0.2) is 5.60 Å². The van der Waals surface area contributed by atoms with Crippen LogP contribution >= 0.6 is 0 Å². The molecule has 0 saturated carbocycles. The molecule has 0 amide bonds. The summed E-state index contributed by atoms with van der Waals surface area (Å²) in [7, 11) is 0. The molecular weight excluding hydrogens is 438 g/mol. The number of benzene rings is 4. The number of anilines is 2. The highest BCUT2D eigenvalue weighted by atomic mass is 16.6. The third kappa shape index (κ3) is 3.39. The van der Waals surface area contributed by atoms with Gasteiger partial charge in [-0.15, -0.1) is 0 Å². The summed E-state index contributed by atoms with van der Waals surface area (Å²) in [5.74, 6) is 1.01. The molecule has 0 fully saturated rings. The molecule has 35 heavy (non-hydrogen) atoms. The van der Waals surface area contributed by atoms with Gasteiger partial charge in [0.2, 0.25) is 0 Å². The molecule has 0 saturated heterocycles. The molecule has 1 spiro atoms. The first-order valence-electron chi connectivity index (χ1n) is 11.9. The summed E-state index contributed by atoms with van der Waals surface area (Å²) < 4.78 is 18.3. The Morgan fingerprint density at radius 1 is 0.829 bits per heavy atom. The SMILES string of the molecule is CCOCCc1ccc2c(c1Nc1ccccc1)C1(OC2=O)c2ccccc2Oc2ccccc21. The quantitative estimate of drug-likeness (QED) is 0.259. The van der Waals surface area contributed by atoms with Crippen molar-refractivity contribution >= 4 is 17.3 Å². The van der Waals surface area contributed by atoms with E-state index in [2.05, 4.69) is 5.32 Å². The van der Waals surface area contributed by atoms with Gasteiger partial charge in [0.1, 0.15) is 11.5 Å². The van der Waals surface area contributed by atoms with Crippen LogP contribution in [-0.4, -0.2) is 19.2 Å². The van der Waals surface area contributed by atoms with Crippen molar-refractivity contribution in [2.24, 2.45) is 0 Å². The Balaban J connectivity index is 1.65. The average molecular weight is 464 g/mol. The minimum absolute atomic E-state index is 0.348. The normalized spacial score (nSPS) is 14.5. The standard InChI is InChI=1S/C30H25NO4/c1-2-33-19-18-20-16-17-22-27(28(20)31-21-10-4-3-5-11-21)30(35-29(22)32)23-12-6-8-14-25(23)34-26-15-9-7-13-24(26)30/h3-17,31H,2,18-19H2,1H3. The lowest BCUT2D eigenvalue weighted by atomic mass is 9.76. The lowest BCUT2D eigenvalue weighted by Crippen LogP contribution is -2.33. The zero-order valence-corrected chi connectivity index (χ0v) is 19.4. The molecule has 0 radical (unpaired) electrons. The Labute approximate surface area is 204 Å². The van der Waals surface area contributed by atoms with Crippen molar-refractivity contribution in [3.05, 3.63) is 119 Å². The first kappa shape index (κ1) is 21.4. The van der Waals surface area contributed by atoms with Crippen molar-refractivity contribution in [3.63, 3.8) is 0 Å². The molecule has 5 nitrogen and oxygen atoms in total. The molecule has 0 unspecified atom stereocenters. The van der Waals surface area contributed by atoms with Crippen LogP contribution in [0.25, 0.3) is 0 Å². The number of carbonyl (C=O) groups excluding carboxylic acids is 1. The van der Waals surface area contributed by atoms with Gasteiger partial charge in [-0.05, 0) is 49.2 Å². The van der Waals surface area contributed by atoms with Crippen molar-refractivity contribution in [1.29, 1.82) is 0 Å². The molecule has 0 bridgehead atoms. The van der Waals surface area contributed by atoms with E-state index < -0.39 is 5.60 Å². The zero-order chi connectivity index (χ0) is 23.8. The number of hydrogen-bond acceptors (Lipinski definition) is 5. The summed E-state index contributed by atoms with van der Waals surface area (Å²) in [6.07, 6.45) is 0.695. The van der Waals surface area contributed by atoms with Gasteiger partial charge in [0.05, 0.1) is 17.9 Å². The number of carbonyl (C=O) groups is 1. The lowest BCUT2D eigenvalue weighted by Gasteiger charge is -2.37. The molecule has 5 heteroatoms. The molecule has 4 aromatic rings. The monoisotopic (exact) mass is 463 g/mol. The van der Waals surface area contributed by atoms with Crippen LogP contribution in [-0.2, 0) is 21.5 Å². The van der Waals surface area contributed by atoms with Gasteiger partial charge in [0.25, 0.3) is 0 Å². The predicted octanol–water partition coefficient (Wildman–Crippen LogP) is 6.58. The third-order valence-corrected chi connectivity index (χ3v) is 6.63. The Morgan fingerprint density at radius 2 is 1.49 bits per heavy atom. The fourth-order valence-corrected chi connectivity index (χ4v) is 5.11. The van der Waals surface area contributed by atoms with Crippen molar-refractivity contribution in [1.82, 2.24) is 0 Å². The average Bonchev–Trinajstić information content (AvgIpc) is 3.19.